The van der Waals surface area contributed by atoms with Crippen LogP contribution in [0.2, 0.25) is 18.1 Å². The number of rotatable bonds is 3. The zero-order valence-electron chi connectivity index (χ0n) is 15.7. The number of hydrogen-bond acceptors (Lipinski definition) is 3. The highest BCUT2D eigenvalue weighted by atomic mass is 32.1. The fraction of sp³-hybridized carbons (Fsp3) is 0.737. The summed E-state index contributed by atoms with van der Waals surface area (Å²) in [5.74, 6) is 0.357. The van der Waals surface area contributed by atoms with Gasteiger partial charge in [0.2, 0.25) is 5.91 Å². The van der Waals surface area contributed by atoms with Crippen molar-refractivity contribution in [1.29, 1.82) is 0 Å². The molecule has 1 saturated heterocycles. The molecular formula is C19H31NO2SSi. The van der Waals surface area contributed by atoms with Crippen molar-refractivity contribution in [3.05, 3.63) is 17.5 Å². The van der Waals surface area contributed by atoms with E-state index < -0.39 is 8.32 Å². The number of amides is 1. The van der Waals surface area contributed by atoms with Crippen LogP contribution in [0.1, 0.15) is 52.9 Å². The third-order valence-corrected chi connectivity index (χ3v) is 11.9. The van der Waals surface area contributed by atoms with Gasteiger partial charge in [0.15, 0.2) is 8.32 Å². The maximum absolute atomic E-state index is 13.0. The maximum Gasteiger partial charge on any atom is 0.233 e. The zero-order chi connectivity index (χ0) is 17.6. The van der Waals surface area contributed by atoms with E-state index in [0.717, 1.165) is 43.6 Å². The van der Waals surface area contributed by atoms with Gasteiger partial charge in [0.25, 0.3) is 0 Å². The van der Waals surface area contributed by atoms with E-state index in [0.29, 0.717) is 12.0 Å². The fourth-order valence-electron chi connectivity index (χ4n) is 3.77. The molecule has 2 fully saturated rings. The first kappa shape index (κ1) is 18.1. The van der Waals surface area contributed by atoms with Crippen LogP contribution in [-0.4, -0.2) is 26.9 Å². The van der Waals surface area contributed by atoms with Gasteiger partial charge in [-0.05, 0) is 67.7 Å². The summed E-state index contributed by atoms with van der Waals surface area (Å²) >= 11 is 1.67. The number of thiophene rings is 1. The number of nitrogens with zero attached hydrogens (tertiary/aromatic N) is 1. The van der Waals surface area contributed by atoms with E-state index in [2.05, 4.69) is 45.3 Å². The molecule has 1 amide bonds. The van der Waals surface area contributed by atoms with Crippen LogP contribution < -0.4 is 4.90 Å². The first-order valence-corrected chi connectivity index (χ1v) is 13.0. The molecule has 1 saturated carbocycles. The van der Waals surface area contributed by atoms with Crippen molar-refractivity contribution in [2.75, 3.05) is 11.4 Å². The Labute approximate surface area is 151 Å². The maximum atomic E-state index is 13.0. The first-order chi connectivity index (χ1) is 11.1. The minimum absolute atomic E-state index is 0.114. The van der Waals surface area contributed by atoms with Crippen molar-refractivity contribution in [2.24, 2.45) is 5.41 Å². The van der Waals surface area contributed by atoms with Crippen molar-refractivity contribution in [3.63, 3.8) is 0 Å². The third-order valence-electron chi connectivity index (χ3n) is 6.44. The van der Waals surface area contributed by atoms with Gasteiger partial charge < -0.3 is 9.33 Å². The third kappa shape index (κ3) is 3.23. The van der Waals surface area contributed by atoms with E-state index in [1.54, 1.807) is 11.3 Å². The summed E-state index contributed by atoms with van der Waals surface area (Å²) in [5.41, 5.74) is -0.114. The Morgan fingerprint density at radius 3 is 2.46 bits per heavy atom. The Bertz CT molecular complexity index is 583. The van der Waals surface area contributed by atoms with Gasteiger partial charge in [-0.3, -0.25) is 4.79 Å². The van der Waals surface area contributed by atoms with Gasteiger partial charge in [-0.15, -0.1) is 11.3 Å². The minimum Gasteiger partial charge on any atom is -0.414 e. The van der Waals surface area contributed by atoms with E-state index in [4.69, 9.17) is 4.43 Å². The van der Waals surface area contributed by atoms with Crippen molar-refractivity contribution >= 4 is 30.6 Å². The van der Waals surface area contributed by atoms with Gasteiger partial charge in [-0.2, -0.15) is 0 Å². The van der Waals surface area contributed by atoms with Crippen molar-refractivity contribution < 1.29 is 9.22 Å². The van der Waals surface area contributed by atoms with E-state index in [9.17, 15) is 4.79 Å². The molecule has 1 aliphatic carbocycles. The molecular weight excluding hydrogens is 334 g/mol. The second-order valence-electron chi connectivity index (χ2n) is 9.02. The molecule has 1 aromatic rings. The van der Waals surface area contributed by atoms with Gasteiger partial charge in [0, 0.05) is 12.6 Å². The highest BCUT2D eigenvalue weighted by Gasteiger charge is 2.50. The topological polar surface area (TPSA) is 29.5 Å². The molecule has 0 N–H and O–H groups in total. The minimum atomic E-state index is -1.71. The SMILES string of the molecule is CC(C)(C)[Si](C)(C)OC1CCC2(CC1)CCN(c1cccs1)C2=O. The number of anilines is 1. The van der Waals surface area contributed by atoms with Crippen molar-refractivity contribution in [2.45, 2.75) is 77.1 Å². The van der Waals surface area contributed by atoms with Gasteiger partial charge >= 0.3 is 0 Å². The number of carbonyl (C=O) groups is 1. The molecule has 134 valence electrons. The standard InChI is InChI=1S/C19H31NO2SSi/c1-18(2,3)24(4,5)22-15-8-10-19(11-9-15)12-13-20(17(19)21)16-7-6-14-23-16/h6-7,14-15H,8-13H2,1-5H3. The Balaban J connectivity index is 1.62. The summed E-state index contributed by atoms with van der Waals surface area (Å²) < 4.78 is 6.60. The van der Waals surface area contributed by atoms with Crippen LogP contribution in [-0.2, 0) is 9.22 Å². The molecule has 1 spiro atoms. The highest BCUT2D eigenvalue weighted by molar-refractivity contribution is 7.14. The zero-order valence-corrected chi connectivity index (χ0v) is 17.5. The van der Waals surface area contributed by atoms with Crippen molar-refractivity contribution in [3.8, 4) is 0 Å². The van der Waals surface area contributed by atoms with Crippen LogP contribution in [0.3, 0.4) is 0 Å². The molecule has 3 rings (SSSR count). The molecule has 0 atom stereocenters. The largest absolute Gasteiger partial charge is 0.414 e. The number of hydrogen-bond donors (Lipinski definition) is 0. The predicted octanol–water partition coefficient (Wildman–Crippen LogP) is 5.44. The molecule has 5 heteroatoms. The summed E-state index contributed by atoms with van der Waals surface area (Å²) in [6.45, 7) is 12.4. The normalized spacial score (nSPS) is 28.8. The summed E-state index contributed by atoms with van der Waals surface area (Å²) in [5, 5.41) is 3.41. The van der Waals surface area contributed by atoms with Crippen LogP contribution in [0.4, 0.5) is 5.00 Å². The second kappa shape index (κ2) is 6.26. The Morgan fingerprint density at radius 2 is 1.92 bits per heavy atom. The molecule has 1 aromatic heterocycles. The molecule has 2 heterocycles. The molecule has 0 radical (unpaired) electrons. The van der Waals surface area contributed by atoms with Crippen LogP contribution in [0, 0.1) is 5.41 Å². The van der Waals surface area contributed by atoms with Crippen LogP contribution in [0.25, 0.3) is 0 Å². The van der Waals surface area contributed by atoms with E-state index in [1.807, 2.05) is 11.0 Å². The summed E-state index contributed by atoms with van der Waals surface area (Å²) in [7, 11) is -1.71. The lowest BCUT2D eigenvalue weighted by atomic mass is 9.72. The lowest BCUT2D eigenvalue weighted by Gasteiger charge is -2.43. The lowest BCUT2D eigenvalue weighted by molar-refractivity contribution is -0.128. The predicted molar refractivity (Wildman–Crippen MR) is 104 cm³/mol. The average Bonchev–Trinajstić information content (AvgIpc) is 3.10. The molecule has 0 aromatic carbocycles. The van der Waals surface area contributed by atoms with Crippen LogP contribution >= 0.6 is 11.3 Å². The fourth-order valence-corrected chi connectivity index (χ4v) is 5.95. The Hall–Kier alpha value is -0.653. The molecule has 0 bridgehead atoms. The van der Waals surface area contributed by atoms with Gasteiger partial charge in [-0.25, -0.2) is 0 Å². The smallest absolute Gasteiger partial charge is 0.233 e. The van der Waals surface area contributed by atoms with Crippen LogP contribution in [0.5, 0.6) is 0 Å². The van der Waals surface area contributed by atoms with Gasteiger partial charge in [0.1, 0.15) is 0 Å². The highest BCUT2D eigenvalue weighted by Crippen LogP contribution is 2.48. The van der Waals surface area contributed by atoms with E-state index >= 15 is 0 Å². The van der Waals surface area contributed by atoms with Gasteiger partial charge in [-0.1, -0.05) is 20.8 Å². The average molecular weight is 366 g/mol. The van der Waals surface area contributed by atoms with Crippen molar-refractivity contribution in [1.82, 2.24) is 0 Å². The summed E-state index contributed by atoms with van der Waals surface area (Å²) in [6, 6.07) is 4.09. The quantitative estimate of drug-likeness (QED) is 0.668. The molecule has 3 nitrogen and oxygen atoms in total. The first-order valence-electron chi connectivity index (χ1n) is 9.18. The number of carbonyl (C=O) groups excluding carboxylic acids is 1. The Kier molecular flexibility index (Phi) is 4.73. The van der Waals surface area contributed by atoms with E-state index in [-0.39, 0.29) is 10.5 Å². The Morgan fingerprint density at radius 1 is 1.25 bits per heavy atom. The van der Waals surface area contributed by atoms with Crippen LogP contribution in [0.15, 0.2) is 17.5 Å². The monoisotopic (exact) mass is 365 g/mol. The lowest BCUT2D eigenvalue weighted by Crippen LogP contribution is -2.46. The molecule has 2 aliphatic rings. The van der Waals surface area contributed by atoms with E-state index in [1.165, 1.54) is 0 Å². The second-order valence-corrected chi connectivity index (χ2v) is 14.7. The summed E-state index contributed by atoms with van der Waals surface area (Å²) in [6.07, 6.45) is 5.42. The molecule has 24 heavy (non-hydrogen) atoms. The molecule has 0 unspecified atom stereocenters. The molecule has 1 aliphatic heterocycles. The summed E-state index contributed by atoms with van der Waals surface area (Å²) in [4.78, 5) is 15.0. The van der Waals surface area contributed by atoms with Gasteiger partial charge in [0.05, 0.1) is 10.4 Å².